The molecule has 6 heteroatoms. The van der Waals surface area contributed by atoms with Gasteiger partial charge in [0, 0.05) is 18.7 Å². The molecule has 120 valence electrons. The predicted octanol–water partition coefficient (Wildman–Crippen LogP) is 3.58. The number of thioether (sulfide) groups is 1. The summed E-state index contributed by atoms with van der Waals surface area (Å²) in [6.07, 6.45) is 0. The quantitative estimate of drug-likeness (QED) is 0.635. The second-order valence-corrected chi connectivity index (χ2v) is 6.76. The van der Waals surface area contributed by atoms with E-state index in [1.807, 2.05) is 25.7 Å². The van der Waals surface area contributed by atoms with Gasteiger partial charge in [0.2, 0.25) is 5.91 Å². The molecule has 0 saturated carbocycles. The number of Topliss-reactive ketones (excluding diaryl/α,β-unsaturated/α-hetero) is 1. The summed E-state index contributed by atoms with van der Waals surface area (Å²) in [6, 6.07) is 7.01. The maximum atomic E-state index is 12.3. The Morgan fingerprint density at radius 1 is 1.27 bits per heavy atom. The molecule has 22 heavy (non-hydrogen) atoms. The third-order valence-electron chi connectivity index (χ3n) is 3.23. The van der Waals surface area contributed by atoms with Gasteiger partial charge in [-0.25, -0.2) is 0 Å². The van der Waals surface area contributed by atoms with Gasteiger partial charge in [0.25, 0.3) is 0 Å². The molecule has 0 unspecified atom stereocenters. The molecule has 0 aliphatic rings. The van der Waals surface area contributed by atoms with E-state index >= 15 is 0 Å². The molecule has 0 aliphatic carbocycles. The SMILES string of the molecule is CCN(CC)C(=S)S[C@@H](C)C(=O)Nc1ccccc1C(C)=O. The first-order valence-corrected chi connectivity index (χ1v) is 8.55. The van der Waals surface area contributed by atoms with Crippen molar-refractivity contribution in [1.82, 2.24) is 4.90 Å². The number of anilines is 1. The van der Waals surface area contributed by atoms with E-state index in [1.165, 1.54) is 18.7 Å². The van der Waals surface area contributed by atoms with Crippen LogP contribution in [0.15, 0.2) is 24.3 Å². The van der Waals surface area contributed by atoms with Gasteiger partial charge in [-0.05, 0) is 39.8 Å². The zero-order chi connectivity index (χ0) is 16.7. The van der Waals surface area contributed by atoms with Gasteiger partial charge < -0.3 is 10.2 Å². The molecular weight excluding hydrogens is 316 g/mol. The summed E-state index contributed by atoms with van der Waals surface area (Å²) in [7, 11) is 0. The molecule has 0 aliphatic heterocycles. The summed E-state index contributed by atoms with van der Waals surface area (Å²) in [5.74, 6) is -0.233. The number of carbonyl (C=O) groups is 2. The number of hydrogen-bond acceptors (Lipinski definition) is 4. The largest absolute Gasteiger partial charge is 0.358 e. The zero-order valence-electron chi connectivity index (χ0n) is 13.4. The second kappa shape index (κ2) is 8.90. The van der Waals surface area contributed by atoms with E-state index in [4.69, 9.17) is 12.2 Å². The van der Waals surface area contributed by atoms with Crippen molar-refractivity contribution in [3.63, 3.8) is 0 Å². The van der Waals surface area contributed by atoms with Crippen molar-refractivity contribution in [2.45, 2.75) is 32.9 Å². The Hall–Kier alpha value is -1.40. The number of amides is 1. The molecule has 0 saturated heterocycles. The Morgan fingerprint density at radius 3 is 2.41 bits per heavy atom. The van der Waals surface area contributed by atoms with Crippen LogP contribution in [-0.2, 0) is 4.79 Å². The molecule has 0 heterocycles. The fourth-order valence-corrected chi connectivity index (χ4v) is 3.46. The first-order valence-electron chi connectivity index (χ1n) is 7.27. The molecule has 0 radical (unpaired) electrons. The molecule has 1 aromatic rings. The van der Waals surface area contributed by atoms with Gasteiger partial charge in [0.1, 0.15) is 4.32 Å². The summed E-state index contributed by atoms with van der Waals surface area (Å²) < 4.78 is 0.715. The summed E-state index contributed by atoms with van der Waals surface area (Å²) in [5, 5.41) is 2.49. The molecule has 1 atom stereocenters. The van der Waals surface area contributed by atoms with Crippen LogP contribution in [-0.4, -0.2) is 39.3 Å². The van der Waals surface area contributed by atoms with Gasteiger partial charge in [-0.15, -0.1) is 0 Å². The molecule has 1 N–H and O–H groups in total. The smallest absolute Gasteiger partial charge is 0.237 e. The van der Waals surface area contributed by atoms with Gasteiger partial charge in [-0.3, -0.25) is 9.59 Å². The molecule has 0 spiro atoms. The lowest BCUT2D eigenvalue weighted by molar-refractivity contribution is -0.115. The lowest BCUT2D eigenvalue weighted by atomic mass is 10.1. The minimum absolute atomic E-state index is 0.0742. The average molecular weight is 338 g/mol. The molecule has 1 rings (SSSR count). The van der Waals surface area contributed by atoms with Gasteiger partial charge in [0.05, 0.1) is 10.9 Å². The van der Waals surface area contributed by atoms with Gasteiger partial charge in [0.15, 0.2) is 5.78 Å². The zero-order valence-corrected chi connectivity index (χ0v) is 15.0. The van der Waals surface area contributed by atoms with Crippen LogP contribution in [0.25, 0.3) is 0 Å². The Kier molecular flexibility index (Phi) is 7.55. The highest BCUT2D eigenvalue weighted by Gasteiger charge is 2.19. The maximum Gasteiger partial charge on any atom is 0.237 e. The van der Waals surface area contributed by atoms with Crippen molar-refractivity contribution in [2.24, 2.45) is 0 Å². The van der Waals surface area contributed by atoms with Crippen LogP contribution in [0, 0.1) is 0 Å². The lowest BCUT2D eigenvalue weighted by Gasteiger charge is -2.23. The Labute approximate surface area is 141 Å². The van der Waals surface area contributed by atoms with Crippen molar-refractivity contribution in [3.8, 4) is 0 Å². The van der Waals surface area contributed by atoms with Crippen LogP contribution in [0.3, 0.4) is 0 Å². The molecule has 0 fully saturated rings. The van der Waals surface area contributed by atoms with Gasteiger partial charge >= 0.3 is 0 Å². The van der Waals surface area contributed by atoms with Crippen LogP contribution in [0.4, 0.5) is 5.69 Å². The van der Waals surface area contributed by atoms with E-state index in [0.29, 0.717) is 15.6 Å². The highest BCUT2D eigenvalue weighted by atomic mass is 32.2. The molecule has 0 bridgehead atoms. The predicted molar refractivity (Wildman–Crippen MR) is 97.6 cm³/mol. The number of hydrogen-bond donors (Lipinski definition) is 1. The van der Waals surface area contributed by atoms with E-state index in [0.717, 1.165) is 13.1 Å². The van der Waals surface area contributed by atoms with E-state index in [9.17, 15) is 9.59 Å². The monoisotopic (exact) mass is 338 g/mol. The molecule has 1 aromatic carbocycles. The van der Waals surface area contributed by atoms with Crippen molar-refractivity contribution in [3.05, 3.63) is 29.8 Å². The van der Waals surface area contributed by atoms with Crippen LogP contribution in [0.5, 0.6) is 0 Å². The standard InChI is InChI=1S/C16H22N2O2S2/c1-5-18(6-2)16(21)22-12(4)15(20)17-14-10-8-7-9-13(14)11(3)19/h7-10,12H,5-6H2,1-4H3,(H,17,20)/t12-/m0/s1. The molecule has 0 aromatic heterocycles. The maximum absolute atomic E-state index is 12.3. The van der Waals surface area contributed by atoms with Crippen LogP contribution < -0.4 is 5.32 Å². The number of para-hydroxylation sites is 1. The normalized spacial score (nSPS) is 11.6. The fourth-order valence-electron chi connectivity index (χ4n) is 1.89. The van der Waals surface area contributed by atoms with E-state index in [-0.39, 0.29) is 16.9 Å². The fraction of sp³-hybridized carbons (Fsp3) is 0.438. The number of ketones is 1. The topological polar surface area (TPSA) is 49.4 Å². The van der Waals surface area contributed by atoms with E-state index in [2.05, 4.69) is 5.32 Å². The third kappa shape index (κ3) is 5.10. The minimum Gasteiger partial charge on any atom is -0.358 e. The summed E-state index contributed by atoms with van der Waals surface area (Å²) in [4.78, 5) is 25.9. The van der Waals surface area contributed by atoms with Crippen molar-refractivity contribution < 1.29 is 9.59 Å². The Bertz CT molecular complexity index is 557. The van der Waals surface area contributed by atoms with E-state index < -0.39 is 0 Å². The van der Waals surface area contributed by atoms with E-state index in [1.54, 1.807) is 24.3 Å². The molecule has 1 amide bonds. The second-order valence-electron chi connectivity index (χ2n) is 4.79. The Balaban J connectivity index is 2.73. The highest BCUT2D eigenvalue weighted by molar-refractivity contribution is 8.23. The minimum atomic E-state index is -0.326. The lowest BCUT2D eigenvalue weighted by Crippen LogP contribution is -2.31. The van der Waals surface area contributed by atoms with Crippen molar-refractivity contribution in [1.29, 1.82) is 0 Å². The summed E-state index contributed by atoms with van der Waals surface area (Å²) in [6.45, 7) is 9.01. The average Bonchev–Trinajstić information content (AvgIpc) is 2.48. The van der Waals surface area contributed by atoms with Crippen molar-refractivity contribution >= 4 is 45.7 Å². The summed E-state index contributed by atoms with van der Waals surface area (Å²) >= 11 is 6.71. The van der Waals surface area contributed by atoms with Gasteiger partial charge in [-0.1, -0.05) is 36.1 Å². The van der Waals surface area contributed by atoms with Crippen molar-refractivity contribution in [2.75, 3.05) is 18.4 Å². The highest BCUT2D eigenvalue weighted by Crippen LogP contribution is 2.20. The molecular formula is C16H22N2O2S2. The van der Waals surface area contributed by atoms with Crippen LogP contribution in [0.2, 0.25) is 0 Å². The number of rotatable bonds is 6. The molecule has 4 nitrogen and oxygen atoms in total. The Morgan fingerprint density at radius 2 is 1.86 bits per heavy atom. The number of benzene rings is 1. The third-order valence-corrected chi connectivity index (χ3v) is 4.81. The summed E-state index contributed by atoms with van der Waals surface area (Å²) in [5.41, 5.74) is 1.06. The number of thiocarbonyl (C=S) groups is 1. The van der Waals surface area contributed by atoms with Crippen LogP contribution >= 0.6 is 24.0 Å². The van der Waals surface area contributed by atoms with Gasteiger partial charge in [-0.2, -0.15) is 0 Å². The number of nitrogens with zero attached hydrogens (tertiary/aromatic N) is 1. The van der Waals surface area contributed by atoms with Crippen LogP contribution in [0.1, 0.15) is 38.1 Å². The first-order chi connectivity index (χ1) is 10.4. The first kappa shape index (κ1) is 18.6. The number of carbonyl (C=O) groups excluding carboxylic acids is 2. The number of nitrogens with one attached hydrogen (secondary N) is 1.